The Morgan fingerprint density at radius 1 is 1.34 bits per heavy atom. The summed E-state index contributed by atoms with van der Waals surface area (Å²) in [4.78, 5) is 29.4. The van der Waals surface area contributed by atoms with E-state index < -0.39 is 17.5 Å². The zero-order chi connectivity index (χ0) is 23.9. The van der Waals surface area contributed by atoms with E-state index in [-0.39, 0.29) is 23.1 Å². The molecule has 0 radical (unpaired) electrons. The number of piperidine rings is 1. The number of hydrogen-bond donors (Lipinski definition) is 1. The van der Waals surface area contributed by atoms with Gasteiger partial charge in [0.05, 0.1) is 0 Å². The summed E-state index contributed by atoms with van der Waals surface area (Å²) in [7, 11) is 0. The molecule has 0 saturated carbocycles. The molecule has 1 aromatic rings. The summed E-state index contributed by atoms with van der Waals surface area (Å²) in [6.07, 6.45) is 4.76. The molecule has 0 aromatic heterocycles. The molecule has 0 bridgehead atoms. The first-order valence-corrected chi connectivity index (χ1v) is 11.1. The van der Waals surface area contributed by atoms with Crippen LogP contribution in [0.2, 0.25) is 5.02 Å². The molecular weight excluding hydrogens is 433 g/mol. The van der Waals surface area contributed by atoms with E-state index in [9.17, 15) is 14.0 Å². The molecule has 2 rings (SSSR count). The zero-order valence-electron chi connectivity index (χ0n) is 19.1. The van der Waals surface area contributed by atoms with Crippen molar-refractivity contribution in [2.75, 3.05) is 25.0 Å². The van der Waals surface area contributed by atoms with Crippen LogP contribution in [0, 0.1) is 5.82 Å². The number of nitrogens with one attached hydrogen (secondary N) is 1. The number of hydrogen-bond acceptors (Lipinski definition) is 4. The molecule has 1 heterocycles. The standard InChI is InChI=1S/C24H33ClFN3O3/c1-6-9-21(27-19-14-17(25)13-18(26)15-19)22(30)29(11-7-2)20-10-8-12-28(16-20)23(31)32-24(3,4)5/h6-7,13-15,20-21,27H,1-2,8-12,16H2,3-5H3. The molecule has 0 aliphatic carbocycles. The van der Waals surface area contributed by atoms with Crippen molar-refractivity contribution in [2.45, 2.75) is 57.7 Å². The van der Waals surface area contributed by atoms with Gasteiger partial charge in [-0.05, 0) is 58.2 Å². The molecule has 1 aliphatic heterocycles. The summed E-state index contributed by atoms with van der Waals surface area (Å²) >= 11 is 5.96. The van der Waals surface area contributed by atoms with E-state index in [1.807, 2.05) is 20.8 Å². The predicted octanol–water partition coefficient (Wildman–Crippen LogP) is 5.25. The summed E-state index contributed by atoms with van der Waals surface area (Å²) in [6.45, 7) is 14.3. The summed E-state index contributed by atoms with van der Waals surface area (Å²) in [5.41, 5.74) is -0.181. The lowest BCUT2D eigenvalue weighted by atomic mass is 10.0. The van der Waals surface area contributed by atoms with Gasteiger partial charge in [-0.2, -0.15) is 0 Å². The predicted molar refractivity (Wildman–Crippen MR) is 126 cm³/mol. The van der Waals surface area contributed by atoms with Crippen LogP contribution >= 0.6 is 11.6 Å². The van der Waals surface area contributed by atoms with Crippen molar-refractivity contribution < 1.29 is 18.7 Å². The van der Waals surface area contributed by atoms with Crippen LogP contribution in [0.5, 0.6) is 0 Å². The number of ether oxygens (including phenoxy) is 1. The Morgan fingerprint density at radius 2 is 2.06 bits per heavy atom. The highest BCUT2D eigenvalue weighted by Crippen LogP contribution is 2.23. The number of benzene rings is 1. The zero-order valence-corrected chi connectivity index (χ0v) is 19.8. The number of carbonyl (C=O) groups excluding carboxylic acids is 2. The minimum Gasteiger partial charge on any atom is -0.444 e. The third-order valence-electron chi connectivity index (χ3n) is 5.00. The number of carbonyl (C=O) groups is 2. The van der Waals surface area contributed by atoms with Gasteiger partial charge in [-0.1, -0.05) is 23.8 Å². The van der Waals surface area contributed by atoms with Crippen molar-refractivity contribution in [3.8, 4) is 0 Å². The Labute approximate surface area is 195 Å². The second kappa shape index (κ2) is 11.4. The van der Waals surface area contributed by atoms with Crippen LogP contribution in [0.4, 0.5) is 14.9 Å². The van der Waals surface area contributed by atoms with Crippen LogP contribution < -0.4 is 5.32 Å². The molecule has 1 fully saturated rings. The van der Waals surface area contributed by atoms with E-state index in [0.717, 1.165) is 12.8 Å². The fraction of sp³-hybridized carbons (Fsp3) is 0.500. The van der Waals surface area contributed by atoms with E-state index in [2.05, 4.69) is 18.5 Å². The second-order valence-electron chi connectivity index (χ2n) is 8.88. The van der Waals surface area contributed by atoms with Gasteiger partial charge in [-0.25, -0.2) is 9.18 Å². The number of anilines is 1. The summed E-state index contributed by atoms with van der Waals surface area (Å²) < 4.78 is 19.3. The minimum atomic E-state index is -0.665. The van der Waals surface area contributed by atoms with Gasteiger partial charge >= 0.3 is 6.09 Å². The van der Waals surface area contributed by atoms with Gasteiger partial charge in [0.2, 0.25) is 5.91 Å². The van der Waals surface area contributed by atoms with Crippen molar-refractivity contribution in [1.29, 1.82) is 0 Å². The number of nitrogens with zero attached hydrogens (tertiary/aromatic N) is 2. The number of halogens is 2. The van der Waals surface area contributed by atoms with Crippen LogP contribution in [0.1, 0.15) is 40.0 Å². The Hall–Kier alpha value is -2.54. The lowest BCUT2D eigenvalue weighted by molar-refractivity contribution is -0.134. The Bertz CT molecular complexity index is 820. The molecule has 2 atom stereocenters. The molecule has 1 aliphatic rings. The van der Waals surface area contributed by atoms with Crippen molar-refractivity contribution in [1.82, 2.24) is 9.80 Å². The van der Waals surface area contributed by atoms with Crippen LogP contribution in [-0.2, 0) is 9.53 Å². The Morgan fingerprint density at radius 3 is 2.66 bits per heavy atom. The van der Waals surface area contributed by atoms with Crippen LogP contribution in [-0.4, -0.2) is 59.1 Å². The molecule has 2 unspecified atom stereocenters. The third-order valence-corrected chi connectivity index (χ3v) is 5.22. The summed E-state index contributed by atoms with van der Waals surface area (Å²) in [6, 6.07) is 3.21. The lowest BCUT2D eigenvalue weighted by Crippen LogP contribution is -2.55. The second-order valence-corrected chi connectivity index (χ2v) is 9.32. The highest BCUT2D eigenvalue weighted by atomic mass is 35.5. The normalized spacial score (nSPS) is 17.3. The smallest absolute Gasteiger partial charge is 0.410 e. The van der Waals surface area contributed by atoms with Gasteiger partial charge < -0.3 is 19.9 Å². The van der Waals surface area contributed by atoms with E-state index in [1.54, 1.807) is 28.0 Å². The number of amides is 2. The van der Waals surface area contributed by atoms with E-state index in [4.69, 9.17) is 16.3 Å². The van der Waals surface area contributed by atoms with Gasteiger partial charge in [-0.3, -0.25) is 4.79 Å². The monoisotopic (exact) mass is 465 g/mol. The SMILES string of the molecule is C=CCC(Nc1cc(F)cc(Cl)c1)C(=O)N(CC=C)C1CCCN(C(=O)OC(C)(C)C)C1. The first-order chi connectivity index (χ1) is 15.0. The highest BCUT2D eigenvalue weighted by molar-refractivity contribution is 6.30. The third kappa shape index (κ3) is 7.55. The summed E-state index contributed by atoms with van der Waals surface area (Å²) in [5.74, 6) is -0.672. The fourth-order valence-electron chi connectivity index (χ4n) is 3.69. The molecule has 8 heteroatoms. The number of rotatable bonds is 8. The van der Waals surface area contributed by atoms with E-state index in [0.29, 0.717) is 31.7 Å². The topological polar surface area (TPSA) is 61.9 Å². The highest BCUT2D eigenvalue weighted by Gasteiger charge is 2.34. The van der Waals surface area contributed by atoms with Gasteiger partial charge in [0, 0.05) is 36.4 Å². The van der Waals surface area contributed by atoms with Crippen molar-refractivity contribution in [2.24, 2.45) is 0 Å². The lowest BCUT2D eigenvalue weighted by Gasteiger charge is -2.40. The molecule has 1 N–H and O–H groups in total. The molecular formula is C24H33ClFN3O3. The molecule has 176 valence electrons. The Kier molecular flexibility index (Phi) is 9.13. The van der Waals surface area contributed by atoms with Gasteiger partial charge in [0.1, 0.15) is 17.5 Å². The van der Waals surface area contributed by atoms with Gasteiger partial charge in [0.15, 0.2) is 0 Å². The maximum Gasteiger partial charge on any atom is 0.410 e. The van der Waals surface area contributed by atoms with Crippen LogP contribution in [0.25, 0.3) is 0 Å². The van der Waals surface area contributed by atoms with E-state index >= 15 is 0 Å². The molecule has 0 spiro atoms. The van der Waals surface area contributed by atoms with Crippen molar-refractivity contribution in [3.05, 3.63) is 54.3 Å². The Balaban J connectivity index is 2.19. The molecule has 6 nitrogen and oxygen atoms in total. The summed E-state index contributed by atoms with van der Waals surface area (Å²) in [5, 5.41) is 3.31. The van der Waals surface area contributed by atoms with Crippen molar-refractivity contribution >= 4 is 29.3 Å². The number of likely N-dealkylation sites (tertiary alicyclic amines) is 1. The maximum absolute atomic E-state index is 13.8. The quantitative estimate of drug-likeness (QED) is 0.532. The molecule has 1 aromatic carbocycles. The maximum atomic E-state index is 13.8. The average molecular weight is 466 g/mol. The average Bonchev–Trinajstić information content (AvgIpc) is 2.69. The fourth-order valence-corrected chi connectivity index (χ4v) is 3.91. The minimum absolute atomic E-state index is 0.179. The first kappa shape index (κ1) is 25.7. The van der Waals surface area contributed by atoms with Crippen LogP contribution in [0.3, 0.4) is 0 Å². The molecule has 1 saturated heterocycles. The van der Waals surface area contributed by atoms with Gasteiger partial charge in [0.25, 0.3) is 0 Å². The first-order valence-electron chi connectivity index (χ1n) is 10.8. The van der Waals surface area contributed by atoms with Crippen LogP contribution in [0.15, 0.2) is 43.5 Å². The van der Waals surface area contributed by atoms with Crippen molar-refractivity contribution in [3.63, 3.8) is 0 Å². The van der Waals surface area contributed by atoms with E-state index in [1.165, 1.54) is 12.1 Å². The molecule has 32 heavy (non-hydrogen) atoms. The largest absolute Gasteiger partial charge is 0.444 e. The van der Waals surface area contributed by atoms with Gasteiger partial charge in [-0.15, -0.1) is 13.2 Å². The molecule has 2 amide bonds.